The standard InChI is InChI=1S/C16H17F2N3O2/c1-21-10-12(13(20-21)11-6-3-2-4-7-11)19-14(22)16(17,18)15(23)8-5-9-15/h2-4,6-7,10,23H,5,8-9H2,1H3,(H,19,22). The average molecular weight is 321 g/mol. The minimum Gasteiger partial charge on any atom is -0.383 e. The van der Waals surface area contributed by atoms with Gasteiger partial charge in [0.05, 0.1) is 5.69 Å². The molecule has 2 N–H and O–H groups in total. The smallest absolute Gasteiger partial charge is 0.352 e. The van der Waals surface area contributed by atoms with E-state index in [2.05, 4.69) is 10.4 Å². The number of halogens is 2. The molecule has 0 atom stereocenters. The number of rotatable bonds is 4. The molecule has 122 valence electrons. The van der Waals surface area contributed by atoms with E-state index >= 15 is 0 Å². The van der Waals surface area contributed by atoms with Crippen LogP contribution in [0.5, 0.6) is 0 Å². The molecule has 1 aliphatic rings. The van der Waals surface area contributed by atoms with Crippen LogP contribution < -0.4 is 5.32 Å². The third-order valence-corrected chi connectivity index (χ3v) is 4.17. The van der Waals surface area contributed by atoms with Gasteiger partial charge in [-0.05, 0) is 19.3 Å². The molecular formula is C16H17F2N3O2. The van der Waals surface area contributed by atoms with Crippen LogP contribution in [0.25, 0.3) is 11.3 Å². The molecule has 1 heterocycles. The number of hydrogen-bond donors (Lipinski definition) is 2. The predicted octanol–water partition coefficient (Wildman–Crippen LogP) is 2.58. The van der Waals surface area contributed by atoms with Crippen LogP contribution in [0.1, 0.15) is 19.3 Å². The lowest BCUT2D eigenvalue weighted by Crippen LogP contribution is -2.59. The second-order valence-electron chi connectivity index (χ2n) is 5.84. The number of nitrogens with one attached hydrogen (secondary N) is 1. The number of alkyl halides is 2. The van der Waals surface area contributed by atoms with Gasteiger partial charge in [0.15, 0.2) is 0 Å². The molecule has 1 amide bonds. The topological polar surface area (TPSA) is 67.2 Å². The van der Waals surface area contributed by atoms with Gasteiger partial charge in [-0.1, -0.05) is 30.3 Å². The van der Waals surface area contributed by atoms with Gasteiger partial charge in [0.2, 0.25) is 0 Å². The van der Waals surface area contributed by atoms with E-state index in [1.165, 1.54) is 10.9 Å². The molecule has 0 unspecified atom stereocenters. The fourth-order valence-corrected chi connectivity index (χ4v) is 2.63. The van der Waals surface area contributed by atoms with E-state index in [4.69, 9.17) is 0 Å². The Morgan fingerprint density at radius 3 is 2.57 bits per heavy atom. The van der Waals surface area contributed by atoms with Crippen LogP contribution in [-0.2, 0) is 11.8 Å². The number of aryl methyl sites for hydroxylation is 1. The van der Waals surface area contributed by atoms with Gasteiger partial charge in [0.1, 0.15) is 11.3 Å². The maximum Gasteiger partial charge on any atom is 0.352 e. The van der Waals surface area contributed by atoms with E-state index in [1.807, 2.05) is 6.07 Å². The molecule has 0 radical (unpaired) electrons. The molecule has 23 heavy (non-hydrogen) atoms. The minimum atomic E-state index is -3.84. The molecule has 1 fully saturated rings. The van der Waals surface area contributed by atoms with Crippen molar-refractivity contribution in [2.24, 2.45) is 7.05 Å². The Kier molecular flexibility index (Phi) is 3.68. The highest BCUT2D eigenvalue weighted by molar-refractivity contribution is 5.99. The Morgan fingerprint density at radius 1 is 1.35 bits per heavy atom. The van der Waals surface area contributed by atoms with Crippen molar-refractivity contribution in [1.82, 2.24) is 9.78 Å². The van der Waals surface area contributed by atoms with Crippen LogP contribution in [0.4, 0.5) is 14.5 Å². The molecule has 1 aromatic carbocycles. The van der Waals surface area contributed by atoms with Gasteiger partial charge in [-0.25, -0.2) is 0 Å². The SMILES string of the molecule is Cn1cc(NC(=O)C(F)(F)C2(O)CCC2)c(-c2ccccc2)n1. The zero-order chi connectivity index (χ0) is 16.7. The first kappa shape index (κ1) is 15.6. The summed E-state index contributed by atoms with van der Waals surface area (Å²) in [7, 11) is 1.64. The Bertz CT molecular complexity index is 724. The molecule has 0 bridgehead atoms. The van der Waals surface area contributed by atoms with Crippen molar-refractivity contribution in [3.63, 3.8) is 0 Å². The zero-order valence-corrected chi connectivity index (χ0v) is 12.6. The van der Waals surface area contributed by atoms with Crippen LogP contribution in [-0.4, -0.2) is 32.3 Å². The van der Waals surface area contributed by atoms with Crippen LogP contribution >= 0.6 is 0 Å². The third kappa shape index (κ3) is 2.61. The third-order valence-electron chi connectivity index (χ3n) is 4.17. The first-order chi connectivity index (χ1) is 10.8. The van der Waals surface area contributed by atoms with Crippen molar-refractivity contribution in [2.45, 2.75) is 30.8 Å². The molecule has 7 heteroatoms. The molecule has 3 rings (SSSR count). The summed E-state index contributed by atoms with van der Waals surface area (Å²) in [4.78, 5) is 12.0. The number of aromatic nitrogens is 2. The van der Waals surface area contributed by atoms with Gasteiger partial charge >= 0.3 is 5.92 Å². The van der Waals surface area contributed by atoms with E-state index in [1.54, 1.807) is 31.3 Å². The first-order valence-electron chi connectivity index (χ1n) is 7.34. The summed E-state index contributed by atoms with van der Waals surface area (Å²) in [5.41, 5.74) is -0.954. The summed E-state index contributed by atoms with van der Waals surface area (Å²) in [6.45, 7) is 0. The van der Waals surface area contributed by atoms with Crippen molar-refractivity contribution in [3.8, 4) is 11.3 Å². The van der Waals surface area contributed by atoms with Crippen molar-refractivity contribution in [1.29, 1.82) is 0 Å². The quantitative estimate of drug-likeness (QED) is 0.909. The summed E-state index contributed by atoms with van der Waals surface area (Å²) < 4.78 is 29.8. The number of benzene rings is 1. The highest BCUT2D eigenvalue weighted by Gasteiger charge is 2.61. The second kappa shape index (κ2) is 5.42. The monoisotopic (exact) mass is 321 g/mol. The Morgan fingerprint density at radius 2 is 2.00 bits per heavy atom. The number of carbonyl (C=O) groups excluding carboxylic acids is 1. The molecular weight excluding hydrogens is 304 g/mol. The van der Waals surface area contributed by atoms with E-state index < -0.39 is 17.4 Å². The molecule has 1 aromatic heterocycles. The minimum absolute atomic E-state index is 0.0774. The first-order valence-corrected chi connectivity index (χ1v) is 7.34. The molecule has 1 aliphatic carbocycles. The summed E-state index contributed by atoms with van der Waals surface area (Å²) in [5, 5.41) is 16.3. The summed E-state index contributed by atoms with van der Waals surface area (Å²) in [6, 6.07) is 8.96. The molecule has 1 saturated carbocycles. The lowest BCUT2D eigenvalue weighted by Gasteiger charge is -2.41. The number of hydrogen-bond acceptors (Lipinski definition) is 3. The van der Waals surface area contributed by atoms with Gasteiger partial charge in [-0.15, -0.1) is 0 Å². The Balaban J connectivity index is 1.88. The fraction of sp³-hybridized carbons (Fsp3) is 0.375. The highest BCUT2D eigenvalue weighted by Crippen LogP contribution is 2.44. The van der Waals surface area contributed by atoms with Gasteiger partial charge in [-0.3, -0.25) is 9.48 Å². The number of anilines is 1. The predicted molar refractivity (Wildman–Crippen MR) is 81.0 cm³/mol. The molecule has 0 aliphatic heterocycles. The number of nitrogens with zero attached hydrogens (tertiary/aromatic N) is 2. The second-order valence-corrected chi connectivity index (χ2v) is 5.84. The van der Waals surface area contributed by atoms with Crippen LogP contribution in [0, 0.1) is 0 Å². The van der Waals surface area contributed by atoms with Crippen molar-refractivity contribution >= 4 is 11.6 Å². The van der Waals surface area contributed by atoms with Gasteiger partial charge in [-0.2, -0.15) is 13.9 Å². The normalized spacial score (nSPS) is 16.7. The van der Waals surface area contributed by atoms with Crippen LogP contribution in [0.15, 0.2) is 36.5 Å². The van der Waals surface area contributed by atoms with Crippen molar-refractivity contribution in [2.75, 3.05) is 5.32 Å². The highest BCUT2D eigenvalue weighted by atomic mass is 19.3. The van der Waals surface area contributed by atoms with E-state index in [0.717, 1.165) is 0 Å². The summed E-state index contributed by atoms with van der Waals surface area (Å²) in [5.74, 6) is -5.35. The summed E-state index contributed by atoms with van der Waals surface area (Å²) >= 11 is 0. The average Bonchev–Trinajstić information content (AvgIpc) is 2.86. The van der Waals surface area contributed by atoms with Gasteiger partial charge < -0.3 is 10.4 Å². The maximum absolute atomic E-state index is 14.2. The molecule has 0 saturated heterocycles. The maximum atomic E-state index is 14.2. The molecule has 0 spiro atoms. The fourth-order valence-electron chi connectivity index (χ4n) is 2.63. The largest absolute Gasteiger partial charge is 0.383 e. The summed E-state index contributed by atoms with van der Waals surface area (Å²) in [6.07, 6.45) is 1.79. The lowest BCUT2D eigenvalue weighted by molar-refractivity contribution is -0.212. The Labute approximate surface area is 131 Å². The zero-order valence-electron chi connectivity index (χ0n) is 12.6. The van der Waals surface area contributed by atoms with Crippen LogP contribution in [0.2, 0.25) is 0 Å². The number of aliphatic hydroxyl groups is 1. The van der Waals surface area contributed by atoms with Gasteiger partial charge in [0, 0.05) is 18.8 Å². The molecule has 2 aromatic rings. The van der Waals surface area contributed by atoms with Crippen molar-refractivity contribution in [3.05, 3.63) is 36.5 Å². The van der Waals surface area contributed by atoms with E-state index in [9.17, 15) is 18.7 Å². The van der Waals surface area contributed by atoms with E-state index in [-0.39, 0.29) is 18.5 Å². The Hall–Kier alpha value is -2.28. The number of amides is 1. The number of carbonyl (C=O) groups is 1. The van der Waals surface area contributed by atoms with Gasteiger partial charge in [0.25, 0.3) is 5.91 Å². The van der Waals surface area contributed by atoms with Crippen LogP contribution in [0.3, 0.4) is 0 Å². The van der Waals surface area contributed by atoms with E-state index in [0.29, 0.717) is 17.7 Å². The lowest BCUT2D eigenvalue weighted by atomic mass is 9.75. The molecule has 5 nitrogen and oxygen atoms in total. The van der Waals surface area contributed by atoms with Crippen molar-refractivity contribution < 1.29 is 18.7 Å².